The maximum Gasteiger partial charge on any atom is 0.126 e. The molecule has 0 nitrogen and oxygen atoms in total. The summed E-state index contributed by atoms with van der Waals surface area (Å²) in [6.07, 6.45) is 1.72. The van der Waals surface area contributed by atoms with Crippen molar-refractivity contribution >= 4 is 11.6 Å². The van der Waals surface area contributed by atoms with Crippen LogP contribution in [-0.2, 0) is 6.42 Å². The van der Waals surface area contributed by atoms with Crippen LogP contribution in [0.15, 0.2) is 18.2 Å². The predicted octanol–water partition coefficient (Wildman–Crippen LogP) is 4.72. The Morgan fingerprint density at radius 2 is 1.94 bits per heavy atom. The third kappa shape index (κ3) is 3.79. The van der Waals surface area contributed by atoms with Crippen LogP contribution in [0.4, 0.5) is 4.39 Å². The molecule has 0 bridgehead atoms. The maximum absolute atomic E-state index is 13.3. The van der Waals surface area contributed by atoms with Crippen LogP contribution >= 0.6 is 11.6 Å². The summed E-state index contributed by atoms with van der Waals surface area (Å²) < 4.78 is 13.3. The van der Waals surface area contributed by atoms with E-state index < -0.39 is 0 Å². The molecule has 0 aliphatic rings. The van der Waals surface area contributed by atoms with E-state index in [1.165, 1.54) is 0 Å². The SMILES string of the molecule is Cc1ccc(CCC(Cl)C(C)(C)C)cc1F. The van der Waals surface area contributed by atoms with Crippen molar-refractivity contribution in [2.45, 2.75) is 45.9 Å². The first kappa shape index (κ1) is 13.5. The number of hydrogen-bond acceptors (Lipinski definition) is 0. The average molecular weight is 243 g/mol. The highest BCUT2D eigenvalue weighted by molar-refractivity contribution is 6.21. The molecule has 0 N–H and O–H groups in total. The van der Waals surface area contributed by atoms with E-state index in [2.05, 4.69) is 20.8 Å². The zero-order chi connectivity index (χ0) is 12.3. The molecule has 0 saturated carbocycles. The van der Waals surface area contributed by atoms with Crippen LogP contribution in [0.5, 0.6) is 0 Å². The Balaban J connectivity index is 2.58. The highest BCUT2D eigenvalue weighted by Gasteiger charge is 2.21. The summed E-state index contributed by atoms with van der Waals surface area (Å²) in [4.78, 5) is 0. The minimum absolute atomic E-state index is 0.102. The van der Waals surface area contributed by atoms with Crippen molar-refractivity contribution in [2.75, 3.05) is 0 Å². The summed E-state index contributed by atoms with van der Waals surface area (Å²) in [5.74, 6) is -0.126. The Bertz CT molecular complexity index is 352. The number of alkyl halides is 1. The van der Waals surface area contributed by atoms with E-state index in [1.807, 2.05) is 12.1 Å². The van der Waals surface area contributed by atoms with Gasteiger partial charge in [-0.15, -0.1) is 11.6 Å². The Kier molecular flexibility index (Phi) is 4.37. The first-order chi connectivity index (χ1) is 7.30. The zero-order valence-corrected chi connectivity index (χ0v) is 11.2. The van der Waals surface area contributed by atoms with Gasteiger partial charge in [-0.3, -0.25) is 0 Å². The van der Waals surface area contributed by atoms with Crippen LogP contribution in [0.25, 0.3) is 0 Å². The van der Waals surface area contributed by atoms with Crippen LogP contribution in [0.1, 0.15) is 38.3 Å². The summed E-state index contributed by atoms with van der Waals surface area (Å²) in [5, 5.41) is 0.122. The smallest absolute Gasteiger partial charge is 0.126 e. The van der Waals surface area contributed by atoms with Gasteiger partial charge in [0.2, 0.25) is 0 Å². The van der Waals surface area contributed by atoms with Gasteiger partial charge in [-0.25, -0.2) is 4.39 Å². The fraction of sp³-hybridized carbons (Fsp3) is 0.571. The maximum atomic E-state index is 13.3. The summed E-state index contributed by atoms with van der Waals surface area (Å²) in [6.45, 7) is 8.15. The van der Waals surface area contributed by atoms with E-state index in [9.17, 15) is 4.39 Å². The summed E-state index contributed by atoms with van der Waals surface area (Å²) >= 11 is 6.28. The molecule has 1 rings (SSSR count). The summed E-state index contributed by atoms with van der Waals surface area (Å²) in [7, 11) is 0. The second-order valence-corrected chi connectivity index (χ2v) is 5.98. The number of rotatable bonds is 3. The van der Waals surface area contributed by atoms with Crippen molar-refractivity contribution in [3.63, 3.8) is 0 Å². The van der Waals surface area contributed by atoms with Crippen molar-refractivity contribution in [3.05, 3.63) is 35.1 Å². The molecule has 1 atom stereocenters. The molecular formula is C14H20ClF. The molecule has 0 aliphatic heterocycles. The lowest BCUT2D eigenvalue weighted by Crippen LogP contribution is -2.21. The number of hydrogen-bond donors (Lipinski definition) is 0. The molecule has 2 heteroatoms. The molecule has 0 aromatic heterocycles. The van der Waals surface area contributed by atoms with Crippen molar-refractivity contribution in [2.24, 2.45) is 5.41 Å². The van der Waals surface area contributed by atoms with Gasteiger partial charge in [-0.05, 0) is 42.4 Å². The van der Waals surface area contributed by atoms with Gasteiger partial charge >= 0.3 is 0 Å². The van der Waals surface area contributed by atoms with Gasteiger partial charge < -0.3 is 0 Å². The normalized spacial score (nSPS) is 13.9. The fourth-order valence-electron chi connectivity index (χ4n) is 1.52. The van der Waals surface area contributed by atoms with Crippen LogP contribution in [0.2, 0.25) is 0 Å². The first-order valence-electron chi connectivity index (χ1n) is 5.70. The highest BCUT2D eigenvalue weighted by Crippen LogP contribution is 2.28. The Morgan fingerprint density at radius 3 is 2.44 bits per heavy atom. The van der Waals surface area contributed by atoms with Gasteiger partial charge in [-0.1, -0.05) is 32.9 Å². The van der Waals surface area contributed by atoms with Crippen molar-refractivity contribution in [1.29, 1.82) is 0 Å². The number of halogens is 2. The lowest BCUT2D eigenvalue weighted by molar-refractivity contribution is 0.374. The Hall–Kier alpha value is -0.560. The van der Waals surface area contributed by atoms with Gasteiger partial charge in [0.25, 0.3) is 0 Å². The monoisotopic (exact) mass is 242 g/mol. The second kappa shape index (κ2) is 5.18. The summed E-state index contributed by atoms with van der Waals surface area (Å²) in [5.41, 5.74) is 1.82. The molecule has 0 amide bonds. The van der Waals surface area contributed by atoms with Crippen LogP contribution < -0.4 is 0 Å². The third-order valence-corrected chi connectivity index (χ3v) is 3.74. The van der Waals surface area contributed by atoms with Gasteiger partial charge in [0.15, 0.2) is 0 Å². The molecule has 0 fully saturated rings. The molecule has 0 heterocycles. The highest BCUT2D eigenvalue weighted by atomic mass is 35.5. The third-order valence-electron chi connectivity index (χ3n) is 2.86. The molecule has 0 aliphatic carbocycles. The molecule has 1 aromatic rings. The number of benzene rings is 1. The lowest BCUT2D eigenvalue weighted by atomic mass is 9.88. The molecule has 0 saturated heterocycles. The number of aryl methyl sites for hydroxylation is 2. The van der Waals surface area contributed by atoms with Crippen molar-refractivity contribution in [3.8, 4) is 0 Å². The molecule has 0 radical (unpaired) electrons. The standard InChI is InChI=1S/C14H20ClF/c1-10-5-6-11(9-12(10)16)7-8-13(15)14(2,3)4/h5-6,9,13H,7-8H2,1-4H3. The molecule has 0 spiro atoms. The van der Waals surface area contributed by atoms with Crippen molar-refractivity contribution in [1.82, 2.24) is 0 Å². The molecule has 1 unspecified atom stereocenters. The van der Waals surface area contributed by atoms with E-state index >= 15 is 0 Å². The van der Waals surface area contributed by atoms with E-state index in [1.54, 1.807) is 13.0 Å². The average Bonchev–Trinajstić information content (AvgIpc) is 2.18. The van der Waals surface area contributed by atoms with Crippen LogP contribution in [0.3, 0.4) is 0 Å². The predicted molar refractivity (Wildman–Crippen MR) is 68.6 cm³/mol. The fourth-order valence-corrected chi connectivity index (χ4v) is 1.63. The molecule has 16 heavy (non-hydrogen) atoms. The van der Waals surface area contributed by atoms with Gasteiger partial charge in [0, 0.05) is 5.38 Å². The van der Waals surface area contributed by atoms with Crippen LogP contribution in [0, 0.1) is 18.2 Å². The lowest BCUT2D eigenvalue weighted by Gasteiger charge is -2.25. The van der Waals surface area contributed by atoms with Gasteiger partial charge in [0.1, 0.15) is 5.82 Å². The summed E-state index contributed by atoms with van der Waals surface area (Å²) in [6, 6.07) is 5.41. The minimum Gasteiger partial charge on any atom is -0.207 e. The van der Waals surface area contributed by atoms with Gasteiger partial charge in [0.05, 0.1) is 0 Å². The molecule has 1 aromatic carbocycles. The van der Waals surface area contributed by atoms with Crippen LogP contribution in [-0.4, -0.2) is 5.38 Å². The molecule has 90 valence electrons. The van der Waals surface area contributed by atoms with E-state index in [0.717, 1.165) is 18.4 Å². The topological polar surface area (TPSA) is 0 Å². The minimum atomic E-state index is -0.126. The van der Waals surface area contributed by atoms with Crippen molar-refractivity contribution < 1.29 is 4.39 Å². The van der Waals surface area contributed by atoms with Gasteiger partial charge in [-0.2, -0.15) is 0 Å². The van der Waals surface area contributed by atoms with E-state index in [-0.39, 0.29) is 16.6 Å². The Morgan fingerprint density at radius 1 is 1.31 bits per heavy atom. The largest absolute Gasteiger partial charge is 0.207 e. The van der Waals surface area contributed by atoms with E-state index in [4.69, 9.17) is 11.6 Å². The molecular weight excluding hydrogens is 223 g/mol. The van der Waals surface area contributed by atoms with E-state index in [0.29, 0.717) is 5.56 Å². The second-order valence-electron chi connectivity index (χ2n) is 5.46. The zero-order valence-electron chi connectivity index (χ0n) is 10.5. The Labute approximate surface area is 103 Å². The first-order valence-corrected chi connectivity index (χ1v) is 6.13. The quantitative estimate of drug-likeness (QED) is 0.673.